The number of hydrogen-bond acceptors (Lipinski definition) is 2. The monoisotopic (exact) mass is 402 g/mol. The van der Waals surface area contributed by atoms with E-state index in [1.54, 1.807) is 6.07 Å². The summed E-state index contributed by atoms with van der Waals surface area (Å²) in [5, 5.41) is 13.1. The third-order valence-corrected chi connectivity index (χ3v) is 5.26. The predicted molar refractivity (Wildman–Crippen MR) is 117 cm³/mol. The summed E-state index contributed by atoms with van der Waals surface area (Å²) in [5.74, 6) is 0.0189. The first-order valence-corrected chi connectivity index (χ1v) is 10.0. The summed E-state index contributed by atoms with van der Waals surface area (Å²) in [5.41, 5.74) is 3.77. The molecule has 0 unspecified atom stereocenters. The first kappa shape index (κ1) is 20.6. The Morgan fingerprint density at radius 1 is 1.00 bits per heavy atom. The van der Waals surface area contributed by atoms with Crippen LogP contribution < -0.4 is 5.32 Å². The number of hydrogen-bond donors (Lipinski definition) is 1. The quantitative estimate of drug-likeness (QED) is 0.584. The lowest BCUT2D eigenvalue weighted by Crippen LogP contribution is -2.38. The molecule has 0 spiro atoms. The molecule has 0 fully saturated rings. The molecule has 4 heteroatoms. The van der Waals surface area contributed by atoms with Crippen LogP contribution in [-0.2, 0) is 17.6 Å². The summed E-state index contributed by atoms with van der Waals surface area (Å²) in [4.78, 5) is 12.6. The molecule has 0 saturated carbocycles. The summed E-state index contributed by atoms with van der Waals surface area (Å²) in [6.07, 6.45) is 1.08. The second-order valence-electron chi connectivity index (χ2n) is 7.19. The van der Waals surface area contributed by atoms with Gasteiger partial charge in [0, 0.05) is 17.0 Å². The fourth-order valence-electron chi connectivity index (χ4n) is 3.48. The average Bonchev–Trinajstić information content (AvgIpc) is 2.74. The van der Waals surface area contributed by atoms with Crippen molar-refractivity contribution >= 4 is 17.5 Å². The number of carbonyl (C=O) groups excluding carboxylic acids is 1. The van der Waals surface area contributed by atoms with Crippen molar-refractivity contribution in [3.05, 3.63) is 106 Å². The van der Waals surface area contributed by atoms with Crippen molar-refractivity contribution in [3.8, 4) is 6.07 Å². The Labute approximate surface area is 177 Å². The van der Waals surface area contributed by atoms with Crippen molar-refractivity contribution in [2.75, 3.05) is 0 Å². The normalized spacial score (nSPS) is 12.6. The fraction of sp³-hybridized carbons (Fsp3) is 0.200. The highest BCUT2D eigenvalue weighted by Crippen LogP contribution is 2.26. The highest BCUT2D eigenvalue weighted by atomic mass is 35.5. The van der Waals surface area contributed by atoms with Crippen LogP contribution in [0.4, 0.5) is 0 Å². The van der Waals surface area contributed by atoms with E-state index in [9.17, 15) is 10.1 Å². The van der Waals surface area contributed by atoms with Gasteiger partial charge in [0.25, 0.3) is 0 Å². The van der Waals surface area contributed by atoms with Gasteiger partial charge in [-0.1, -0.05) is 66.2 Å². The van der Waals surface area contributed by atoms with E-state index in [0.717, 1.165) is 23.1 Å². The second kappa shape index (κ2) is 9.91. The van der Waals surface area contributed by atoms with Gasteiger partial charge in [0.2, 0.25) is 5.91 Å². The Bertz CT molecular complexity index is 993. The molecule has 3 rings (SSSR count). The number of nitriles is 1. The zero-order chi connectivity index (χ0) is 20.6. The molecule has 1 N–H and O–H groups in total. The minimum atomic E-state index is -0.101. The highest BCUT2D eigenvalue weighted by Gasteiger charge is 2.22. The molecule has 1 amide bonds. The van der Waals surface area contributed by atoms with Gasteiger partial charge in [-0.3, -0.25) is 4.79 Å². The summed E-state index contributed by atoms with van der Waals surface area (Å²) in [6, 6.07) is 27.2. The third kappa shape index (κ3) is 5.94. The van der Waals surface area contributed by atoms with Crippen molar-refractivity contribution < 1.29 is 4.79 Å². The first-order valence-electron chi connectivity index (χ1n) is 9.63. The molecule has 2 atom stereocenters. The Kier molecular flexibility index (Phi) is 7.05. The molecule has 3 nitrogen and oxygen atoms in total. The van der Waals surface area contributed by atoms with Crippen LogP contribution in [0.5, 0.6) is 0 Å². The van der Waals surface area contributed by atoms with Crippen LogP contribution in [0.2, 0.25) is 5.02 Å². The number of nitrogens with one attached hydrogen (secondary N) is 1. The average molecular weight is 403 g/mol. The Balaban J connectivity index is 1.80. The molecule has 0 radical (unpaired) electrons. The van der Waals surface area contributed by atoms with Crippen molar-refractivity contribution in [3.63, 3.8) is 0 Å². The van der Waals surface area contributed by atoms with Crippen LogP contribution in [0.25, 0.3) is 0 Å². The number of carbonyl (C=O) groups is 1. The van der Waals surface area contributed by atoms with Crippen LogP contribution in [0.1, 0.15) is 35.1 Å². The van der Waals surface area contributed by atoms with Crippen LogP contribution in [0.15, 0.2) is 78.9 Å². The summed E-state index contributed by atoms with van der Waals surface area (Å²) in [7, 11) is 0. The third-order valence-electron chi connectivity index (χ3n) is 5.01. The zero-order valence-corrected chi connectivity index (χ0v) is 17.1. The molecule has 29 heavy (non-hydrogen) atoms. The van der Waals surface area contributed by atoms with Crippen LogP contribution >= 0.6 is 11.6 Å². The van der Waals surface area contributed by atoms with Crippen molar-refractivity contribution in [2.45, 2.75) is 31.7 Å². The van der Waals surface area contributed by atoms with E-state index in [1.165, 1.54) is 0 Å². The summed E-state index contributed by atoms with van der Waals surface area (Å²) in [6.45, 7) is 2.02. The lowest BCUT2D eigenvalue weighted by molar-refractivity contribution is -0.121. The van der Waals surface area contributed by atoms with E-state index in [1.807, 2.05) is 79.7 Å². The zero-order valence-electron chi connectivity index (χ0n) is 16.3. The van der Waals surface area contributed by atoms with E-state index in [2.05, 4.69) is 11.4 Å². The SMILES string of the molecule is C[C@H](NC(=O)Cc1ccccc1)[C@@H](Cc1ccc(Cl)cc1)c1cccc(C#N)c1. The Hall–Kier alpha value is -3.09. The number of amides is 1. The molecule has 0 aliphatic carbocycles. The molecular formula is C25H23ClN2O. The van der Waals surface area contributed by atoms with Gasteiger partial charge in [-0.25, -0.2) is 0 Å². The molecule has 0 saturated heterocycles. The van der Waals surface area contributed by atoms with Gasteiger partial charge in [-0.2, -0.15) is 5.26 Å². The fourth-order valence-corrected chi connectivity index (χ4v) is 3.61. The minimum Gasteiger partial charge on any atom is -0.353 e. The van der Waals surface area contributed by atoms with Crippen molar-refractivity contribution in [1.29, 1.82) is 5.26 Å². The minimum absolute atomic E-state index is 0.0127. The lowest BCUT2D eigenvalue weighted by Gasteiger charge is -2.26. The summed E-state index contributed by atoms with van der Waals surface area (Å²) >= 11 is 6.02. The van der Waals surface area contributed by atoms with Gasteiger partial charge < -0.3 is 5.32 Å². The maximum Gasteiger partial charge on any atom is 0.224 e. The maximum atomic E-state index is 12.6. The molecule has 0 aromatic heterocycles. The van der Waals surface area contributed by atoms with Gasteiger partial charge in [-0.15, -0.1) is 0 Å². The van der Waals surface area contributed by atoms with Crippen molar-refractivity contribution in [1.82, 2.24) is 5.32 Å². The van der Waals surface area contributed by atoms with Gasteiger partial charge in [-0.05, 0) is 54.3 Å². The molecule has 3 aromatic rings. The predicted octanol–water partition coefficient (Wildman–Crippen LogP) is 5.29. The van der Waals surface area contributed by atoms with Gasteiger partial charge in [0.05, 0.1) is 18.1 Å². The van der Waals surface area contributed by atoms with Crippen LogP contribution in [0, 0.1) is 11.3 Å². The van der Waals surface area contributed by atoms with Gasteiger partial charge >= 0.3 is 0 Å². The van der Waals surface area contributed by atoms with Crippen LogP contribution in [-0.4, -0.2) is 11.9 Å². The van der Waals surface area contributed by atoms with E-state index in [0.29, 0.717) is 17.0 Å². The second-order valence-corrected chi connectivity index (χ2v) is 7.63. The summed E-state index contributed by atoms with van der Waals surface area (Å²) < 4.78 is 0. The number of nitrogens with zero attached hydrogens (tertiary/aromatic N) is 1. The highest BCUT2D eigenvalue weighted by molar-refractivity contribution is 6.30. The molecular weight excluding hydrogens is 380 g/mol. The molecule has 0 bridgehead atoms. The van der Waals surface area contributed by atoms with Gasteiger partial charge in [0.1, 0.15) is 0 Å². The van der Waals surface area contributed by atoms with Crippen molar-refractivity contribution in [2.24, 2.45) is 0 Å². The lowest BCUT2D eigenvalue weighted by atomic mass is 9.85. The van der Waals surface area contributed by atoms with E-state index < -0.39 is 0 Å². The molecule has 0 heterocycles. The first-order chi connectivity index (χ1) is 14.0. The van der Waals surface area contributed by atoms with Gasteiger partial charge in [0.15, 0.2) is 0 Å². The number of benzene rings is 3. The standard InChI is InChI=1S/C25H23ClN2O/c1-18(28-25(29)16-19-6-3-2-4-7-19)24(15-20-10-12-23(26)13-11-20)22-9-5-8-21(14-22)17-27/h2-14,18,24H,15-16H2,1H3,(H,28,29)/t18-,24+/m0/s1. The topological polar surface area (TPSA) is 52.9 Å². The number of halogens is 1. The molecule has 3 aromatic carbocycles. The van der Waals surface area contributed by atoms with E-state index in [-0.39, 0.29) is 17.9 Å². The largest absolute Gasteiger partial charge is 0.353 e. The van der Waals surface area contributed by atoms with E-state index >= 15 is 0 Å². The molecule has 146 valence electrons. The smallest absolute Gasteiger partial charge is 0.224 e. The maximum absolute atomic E-state index is 12.6. The Morgan fingerprint density at radius 2 is 1.72 bits per heavy atom. The molecule has 0 aliphatic rings. The molecule has 0 aliphatic heterocycles. The van der Waals surface area contributed by atoms with E-state index in [4.69, 9.17) is 11.6 Å². The van der Waals surface area contributed by atoms with Crippen LogP contribution in [0.3, 0.4) is 0 Å². The Morgan fingerprint density at radius 3 is 2.41 bits per heavy atom. The number of rotatable bonds is 7.